The topological polar surface area (TPSA) is 70.4 Å². The summed E-state index contributed by atoms with van der Waals surface area (Å²) < 4.78 is 1.76. The van der Waals surface area contributed by atoms with Crippen molar-refractivity contribution in [1.82, 2.24) is 29.5 Å². The molecule has 0 saturated carbocycles. The van der Waals surface area contributed by atoms with Gasteiger partial charge in [0.05, 0.1) is 30.8 Å². The zero-order valence-electron chi connectivity index (χ0n) is 15.2. The number of carbonyl (C=O) groups excluding carboxylic acids is 1. The van der Waals surface area contributed by atoms with Gasteiger partial charge in [0.2, 0.25) is 5.91 Å². The van der Waals surface area contributed by atoms with Crippen molar-refractivity contribution in [2.24, 2.45) is 7.05 Å². The Balaban J connectivity index is 1.35. The van der Waals surface area contributed by atoms with Gasteiger partial charge in [-0.2, -0.15) is 5.10 Å². The van der Waals surface area contributed by atoms with E-state index in [2.05, 4.69) is 19.9 Å². The summed E-state index contributed by atoms with van der Waals surface area (Å²) in [6.07, 6.45) is 9.61. The molecule has 1 amide bonds. The maximum absolute atomic E-state index is 12.3. The Morgan fingerprint density at radius 1 is 1.04 bits per heavy atom. The molecule has 0 unspecified atom stereocenters. The molecule has 2 saturated heterocycles. The average Bonchev–Trinajstić information content (AvgIpc) is 3.34. The van der Waals surface area contributed by atoms with Crippen LogP contribution in [0.3, 0.4) is 0 Å². The van der Waals surface area contributed by atoms with Crippen molar-refractivity contribution in [3.05, 3.63) is 24.8 Å². The summed E-state index contributed by atoms with van der Waals surface area (Å²) in [6.45, 7) is 5.86. The highest BCUT2D eigenvalue weighted by molar-refractivity contribution is 5.78. The second-order valence-corrected chi connectivity index (χ2v) is 7.02. The first-order valence-corrected chi connectivity index (χ1v) is 9.25. The van der Waals surface area contributed by atoms with Gasteiger partial charge in [-0.05, 0) is 12.8 Å². The van der Waals surface area contributed by atoms with E-state index < -0.39 is 0 Å². The number of rotatable bonds is 4. The van der Waals surface area contributed by atoms with E-state index in [4.69, 9.17) is 4.98 Å². The lowest BCUT2D eigenvalue weighted by molar-refractivity contribution is -0.131. The summed E-state index contributed by atoms with van der Waals surface area (Å²) in [4.78, 5) is 27.9. The van der Waals surface area contributed by atoms with E-state index in [1.165, 1.54) is 0 Å². The van der Waals surface area contributed by atoms with E-state index >= 15 is 0 Å². The zero-order valence-corrected chi connectivity index (χ0v) is 15.2. The van der Waals surface area contributed by atoms with Crippen molar-refractivity contribution in [2.75, 3.05) is 50.7 Å². The monoisotopic (exact) mass is 355 g/mol. The molecule has 0 aromatic carbocycles. The molecule has 0 N–H and O–H groups in total. The lowest BCUT2D eigenvalue weighted by Gasteiger charge is -2.35. The largest absolute Gasteiger partial charge is 0.353 e. The SMILES string of the molecule is Cn1cc(-c2cncc(N3CCN(CC(=O)N4CCCC4)CC3)n2)cn1. The molecule has 4 heterocycles. The number of piperazine rings is 1. The molecule has 2 aromatic heterocycles. The van der Waals surface area contributed by atoms with Gasteiger partial charge in [0.1, 0.15) is 5.82 Å². The third-order valence-corrected chi connectivity index (χ3v) is 5.14. The Hall–Kier alpha value is -2.48. The average molecular weight is 355 g/mol. The number of anilines is 1. The van der Waals surface area contributed by atoms with Gasteiger partial charge in [0.15, 0.2) is 0 Å². The van der Waals surface area contributed by atoms with Gasteiger partial charge >= 0.3 is 0 Å². The Labute approximate surface area is 153 Å². The smallest absolute Gasteiger partial charge is 0.236 e. The number of nitrogens with zero attached hydrogens (tertiary/aromatic N) is 7. The molecule has 2 fully saturated rings. The van der Waals surface area contributed by atoms with Crippen LogP contribution in [0, 0.1) is 0 Å². The van der Waals surface area contributed by atoms with Crippen molar-refractivity contribution >= 4 is 11.7 Å². The summed E-state index contributed by atoms with van der Waals surface area (Å²) >= 11 is 0. The second-order valence-electron chi connectivity index (χ2n) is 7.02. The number of amides is 1. The molecule has 0 aliphatic carbocycles. The predicted molar refractivity (Wildman–Crippen MR) is 98.7 cm³/mol. The lowest BCUT2D eigenvalue weighted by atomic mass is 10.2. The molecule has 0 atom stereocenters. The highest BCUT2D eigenvalue weighted by Crippen LogP contribution is 2.19. The molecule has 4 rings (SSSR count). The normalized spacial score (nSPS) is 18.5. The van der Waals surface area contributed by atoms with Crippen molar-refractivity contribution in [1.29, 1.82) is 0 Å². The van der Waals surface area contributed by atoms with Gasteiger partial charge in [-0.1, -0.05) is 0 Å². The van der Waals surface area contributed by atoms with E-state index in [-0.39, 0.29) is 5.91 Å². The van der Waals surface area contributed by atoms with Gasteiger partial charge in [-0.3, -0.25) is 19.4 Å². The summed E-state index contributed by atoms with van der Waals surface area (Å²) in [7, 11) is 1.89. The quantitative estimate of drug-likeness (QED) is 0.801. The van der Waals surface area contributed by atoms with Crippen LogP contribution in [0.15, 0.2) is 24.8 Å². The van der Waals surface area contributed by atoms with E-state index in [1.54, 1.807) is 17.1 Å². The minimum atomic E-state index is 0.273. The lowest BCUT2D eigenvalue weighted by Crippen LogP contribution is -2.50. The predicted octanol–water partition coefficient (Wildman–Crippen LogP) is 0.622. The highest BCUT2D eigenvalue weighted by atomic mass is 16.2. The first-order chi connectivity index (χ1) is 12.7. The van der Waals surface area contributed by atoms with Gasteiger partial charge < -0.3 is 9.80 Å². The van der Waals surface area contributed by atoms with E-state index in [1.807, 2.05) is 24.3 Å². The number of hydrogen-bond acceptors (Lipinski definition) is 6. The van der Waals surface area contributed by atoms with Gasteiger partial charge in [0.25, 0.3) is 0 Å². The first kappa shape index (κ1) is 17.0. The molecule has 2 aromatic rings. The van der Waals surface area contributed by atoms with Crippen LogP contribution in [0.25, 0.3) is 11.3 Å². The molecule has 2 aliphatic heterocycles. The molecule has 0 bridgehead atoms. The van der Waals surface area contributed by atoms with Crippen molar-refractivity contribution in [3.8, 4) is 11.3 Å². The molecular weight excluding hydrogens is 330 g/mol. The number of hydrogen-bond donors (Lipinski definition) is 0. The number of carbonyl (C=O) groups is 1. The third kappa shape index (κ3) is 3.70. The van der Waals surface area contributed by atoms with Crippen LogP contribution in [0.2, 0.25) is 0 Å². The van der Waals surface area contributed by atoms with Crippen LogP contribution in [0.5, 0.6) is 0 Å². The van der Waals surface area contributed by atoms with Crippen molar-refractivity contribution in [2.45, 2.75) is 12.8 Å². The summed E-state index contributed by atoms with van der Waals surface area (Å²) in [5, 5.41) is 4.20. The fourth-order valence-corrected chi connectivity index (χ4v) is 3.59. The Kier molecular flexibility index (Phi) is 4.83. The van der Waals surface area contributed by atoms with Crippen LogP contribution in [-0.2, 0) is 11.8 Å². The third-order valence-electron chi connectivity index (χ3n) is 5.14. The molecule has 0 radical (unpaired) electrons. The van der Waals surface area contributed by atoms with Crippen LogP contribution >= 0.6 is 0 Å². The molecule has 2 aliphatic rings. The maximum Gasteiger partial charge on any atom is 0.236 e. The molecule has 26 heavy (non-hydrogen) atoms. The maximum atomic E-state index is 12.3. The molecule has 8 nitrogen and oxygen atoms in total. The molecule has 0 spiro atoms. The van der Waals surface area contributed by atoms with E-state index in [0.29, 0.717) is 6.54 Å². The fraction of sp³-hybridized carbons (Fsp3) is 0.556. The van der Waals surface area contributed by atoms with E-state index in [0.717, 1.165) is 69.2 Å². The van der Waals surface area contributed by atoms with Crippen LogP contribution in [0.1, 0.15) is 12.8 Å². The number of aryl methyl sites for hydroxylation is 1. The van der Waals surface area contributed by atoms with Crippen molar-refractivity contribution < 1.29 is 4.79 Å². The van der Waals surface area contributed by atoms with Gasteiger partial charge in [-0.15, -0.1) is 0 Å². The number of aromatic nitrogens is 4. The van der Waals surface area contributed by atoms with Crippen molar-refractivity contribution in [3.63, 3.8) is 0 Å². The highest BCUT2D eigenvalue weighted by Gasteiger charge is 2.24. The van der Waals surface area contributed by atoms with Gasteiger partial charge in [-0.25, -0.2) is 4.98 Å². The Morgan fingerprint density at radius 3 is 2.50 bits per heavy atom. The Morgan fingerprint density at radius 2 is 1.81 bits per heavy atom. The summed E-state index contributed by atoms with van der Waals surface area (Å²) in [5.74, 6) is 1.16. The minimum Gasteiger partial charge on any atom is -0.353 e. The summed E-state index contributed by atoms with van der Waals surface area (Å²) in [6, 6.07) is 0. The van der Waals surface area contributed by atoms with Gasteiger partial charge in [0, 0.05) is 58.1 Å². The first-order valence-electron chi connectivity index (χ1n) is 9.25. The molecule has 138 valence electrons. The Bertz CT molecular complexity index is 760. The molecule has 8 heteroatoms. The standard InChI is InChI=1S/C18H25N7O/c1-22-13-15(10-20-22)16-11-19-12-17(21-16)24-8-6-23(7-9-24)14-18(26)25-4-2-3-5-25/h10-13H,2-9,14H2,1H3. The van der Waals surface area contributed by atoms with Crippen LogP contribution in [0.4, 0.5) is 5.82 Å². The van der Waals surface area contributed by atoms with Crippen LogP contribution < -0.4 is 4.90 Å². The fourth-order valence-electron chi connectivity index (χ4n) is 3.59. The van der Waals surface area contributed by atoms with E-state index in [9.17, 15) is 4.79 Å². The second kappa shape index (κ2) is 7.41. The molecular formula is C18H25N7O. The summed E-state index contributed by atoms with van der Waals surface area (Å²) in [5.41, 5.74) is 1.80. The number of likely N-dealkylation sites (tertiary alicyclic amines) is 1. The minimum absolute atomic E-state index is 0.273. The zero-order chi connectivity index (χ0) is 17.9. The van der Waals surface area contributed by atoms with Crippen LogP contribution in [-0.4, -0.2) is 81.3 Å².